The maximum absolute atomic E-state index is 13.2. The number of carbonyl (C=O) groups excluding carboxylic acids is 1. The zero-order chi connectivity index (χ0) is 25.4. The number of anilines is 1. The van der Waals surface area contributed by atoms with Gasteiger partial charge in [-0.25, -0.2) is 18.2 Å². The fraction of sp³-hybridized carbons (Fsp3) is 0.160. The topological polar surface area (TPSA) is 142 Å². The van der Waals surface area contributed by atoms with E-state index in [4.69, 9.17) is 9.84 Å². The first-order valence-corrected chi connectivity index (χ1v) is 12.9. The van der Waals surface area contributed by atoms with Gasteiger partial charge < -0.3 is 19.7 Å². The van der Waals surface area contributed by atoms with Gasteiger partial charge in [0.1, 0.15) is 12.4 Å². The number of carbonyl (C=O) groups is 2. The third-order valence-corrected chi connectivity index (χ3v) is 7.03. The molecule has 4 aromatic rings. The van der Waals surface area contributed by atoms with Gasteiger partial charge in [0.2, 0.25) is 5.95 Å². The van der Waals surface area contributed by atoms with Gasteiger partial charge in [-0.2, -0.15) is 0 Å². The molecule has 0 aliphatic carbocycles. The van der Waals surface area contributed by atoms with Crippen molar-refractivity contribution in [3.8, 4) is 16.9 Å². The Hall–Kier alpha value is -4.38. The van der Waals surface area contributed by atoms with Gasteiger partial charge in [-0.1, -0.05) is 12.1 Å². The maximum atomic E-state index is 13.2. The molecule has 0 unspecified atom stereocenters. The first-order chi connectivity index (χ1) is 17.2. The first kappa shape index (κ1) is 23.4. The average molecular weight is 507 g/mol. The summed E-state index contributed by atoms with van der Waals surface area (Å²) < 4.78 is 29.3. The monoisotopic (exact) mass is 506 g/mol. The third kappa shape index (κ3) is 4.73. The Morgan fingerprint density at radius 1 is 1.06 bits per heavy atom. The van der Waals surface area contributed by atoms with E-state index in [-0.39, 0.29) is 16.8 Å². The summed E-state index contributed by atoms with van der Waals surface area (Å²) in [4.78, 5) is 33.0. The van der Waals surface area contributed by atoms with Crippen molar-refractivity contribution in [1.82, 2.24) is 14.9 Å². The number of nitrogens with zero attached hydrogens (tertiary/aromatic N) is 2. The molecule has 0 saturated heterocycles. The summed E-state index contributed by atoms with van der Waals surface area (Å²) in [6, 6.07) is 17.2. The Balaban J connectivity index is 1.41. The van der Waals surface area contributed by atoms with E-state index in [2.05, 4.69) is 15.3 Å². The number of ether oxygens (including phenoxy) is 1. The highest BCUT2D eigenvalue weighted by Gasteiger charge is 2.22. The van der Waals surface area contributed by atoms with Crippen molar-refractivity contribution in [2.75, 3.05) is 24.7 Å². The second-order valence-electron chi connectivity index (χ2n) is 8.44. The second-order valence-corrected chi connectivity index (χ2v) is 10.5. The van der Waals surface area contributed by atoms with Gasteiger partial charge in [0.15, 0.2) is 9.84 Å². The van der Waals surface area contributed by atoms with Crippen LogP contribution in [0.25, 0.3) is 22.2 Å². The third-order valence-electron chi connectivity index (χ3n) is 5.90. The predicted molar refractivity (Wildman–Crippen MR) is 133 cm³/mol. The lowest BCUT2D eigenvalue weighted by Crippen LogP contribution is -2.32. The SMILES string of the molecule is CS(=O)(=O)c1ccc(C(=O)N2CCOc3ccc(-c4ccc5nc(NC(=O)O)[nH]c5c4)cc3C2)cc1. The summed E-state index contributed by atoms with van der Waals surface area (Å²) in [6.45, 7) is 1.05. The minimum absolute atomic E-state index is 0.142. The van der Waals surface area contributed by atoms with E-state index in [1.54, 1.807) is 11.0 Å². The molecule has 0 radical (unpaired) electrons. The lowest BCUT2D eigenvalue weighted by molar-refractivity contribution is 0.0733. The van der Waals surface area contributed by atoms with Crippen molar-refractivity contribution in [2.45, 2.75) is 11.4 Å². The molecule has 184 valence electrons. The highest BCUT2D eigenvalue weighted by atomic mass is 32.2. The Bertz CT molecular complexity index is 1590. The van der Waals surface area contributed by atoms with Crippen molar-refractivity contribution in [3.05, 3.63) is 71.8 Å². The van der Waals surface area contributed by atoms with Gasteiger partial charge in [-0.15, -0.1) is 0 Å². The van der Waals surface area contributed by atoms with E-state index in [0.717, 1.165) is 22.9 Å². The number of carboxylic acid groups (broad SMARTS) is 1. The van der Waals surface area contributed by atoms with Crippen LogP contribution in [0.4, 0.5) is 10.7 Å². The molecule has 3 N–H and O–H groups in total. The number of nitrogens with one attached hydrogen (secondary N) is 2. The van der Waals surface area contributed by atoms with Crippen molar-refractivity contribution < 1.29 is 27.9 Å². The van der Waals surface area contributed by atoms with Gasteiger partial charge in [0.25, 0.3) is 5.91 Å². The van der Waals surface area contributed by atoms with Gasteiger partial charge in [0.05, 0.1) is 22.5 Å². The molecule has 2 heterocycles. The van der Waals surface area contributed by atoms with Gasteiger partial charge in [-0.05, 0) is 59.7 Å². The highest BCUT2D eigenvalue weighted by Crippen LogP contribution is 2.31. The van der Waals surface area contributed by atoms with Crippen LogP contribution in [0.3, 0.4) is 0 Å². The molecule has 0 spiro atoms. The molecule has 10 nitrogen and oxygen atoms in total. The number of benzene rings is 3. The zero-order valence-electron chi connectivity index (χ0n) is 19.2. The first-order valence-electron chi connectivity index (χ1n) is 11.0. The maximum Gasteiger partial charge on any atom is 0.411 e. The summed E-state index contributed by atoms with van der Waals surface area (Å²) in [6.07, 6.45) is -0.0778. The lowest BCUT2D eigenvalue weighted by atomic mass is 10.0. The van der Waals surface area contributed by atoms with Crippen molar-refractivity contribution in [1.29, 1.82) is 0 Å². The Kier molecular flexibility index (Phi) is 5.84. The van der Waals surface area contributed by atoms with Crippen LogP contribution in [-0.2, 0) is 16.4 Å². The van der Waals surface area contributed by atoms with Crippen LogP contribution >= 0.6 is 0 Å². The number of sulfone groups is 1. The summed E-state index contributed by atoms with van der Waals surface area (Å²) >= 11 is 0. The standard InChI is InChI=1S/C25H22N4O6S/c1-36(33,34)19-6-2-15(3-7-19)23(30)29-10-11-35-22-9-5-16(12-18(22)14-29)17-4-8-20-21(13-17)27-24(26-20)28-25(31)32/h2-9,12-13H,10-11,14H2,1H3,(H,31,32)(H2,26,27,28). The lowest BCUT2D eigenvalue weighted by Gasteiger charge is -2.20. The van der Waals surface area contributed by atoms with E-state index in [9.17, 15) is 18.0 Å². The molecule has 1 aliphatic heterocycles. The van der Waals surface area contributed by atoms with Crippen LogP contribution in [-0.4, -0.2) is 59.8 Å². The van der Waals surface area contributed by atoms with E-state index in [0.29, 0.717) is 42.0 Å². The minimum Gasteiger partial charge on any atom is -0.491 e. The molecule has 0 atom stereocenters. The quantitative estimate of drug-likeness (QED) is 0.383. The Morgan fingerprint density at radius 2 is 1.78 bits per heavy atom. The summed E-state index contributed by atoms with van der Waals surface area (Å²) in [7, 11) is -3.35. The number of amides is 2. The van der Waals surface area contributed by atoms with E-state index in [1.165, 1.54) is 24.3 Å². The summed E-state index contributed by atoms with van der Waals surface area (Å²) in [5.74, 6) is 0.620. The molecule has 36 heavy (non-hydrogen) atoms. The molecule has 3 aromatic carbocycles. The molecular formula is C25H22N4O6S. The zero-order valence-corrected chi connectivity index (χ0v) is 20.0. The van der Waals surface area contributed by atoms with Gasteiger partial charge >= 0.3 is 6.09 Å². The molecule has 5 rings (SSSR count). The smallest absolute Gasteiger partial charge is 0.411 e. The van der Waals surface area contributed by atoms with Crippen molar-refractivity contribution in [2.24, 2.45) is 0 Å². The van der Waals surface area contributed by atoms with Crippen molar-refractivity contribution in [3.63, 3.8) is 0 Å². The summed E-state index contributed by atoms with van der Waals surface area (Å²) in [5, 5.41) is 11.1. The molecule has 0 bridgehead atoms. The number of aromatic nitrogens is 2. The van der Waals surface area contributed by atoms with Crippen LogP contribution in [0, 0.1) is 0 Å². The number of aromatic amines is 1. The van der Waals surface area contributed by atoms with Crippen LogP contribution in [0.15, 0.2) is 65.6 Å². The molecule has 11 heteroatoms. The second kappa shape index (κ2) is 9.00. The average Bonchev–Trinajstić information content (AvgIpc) is 3.10. The molecule has 2 amide bonds. The highest BCUT2D eigenvalue weighted by molar-refractivity contribution is 7.90. The number of imidazole rings is 1. The summed E-state index contributed by atoms with van der Waals surface area (Å²) in [5.41, 5.74) is 4.32. The Labute approximate surface area is 206 Å². The Morgan fingerprint density at radius 3 is 2.50 bits per heavy atom. The number of hydrogen-bond acceptors (Lipinski definition) is 6. The number of fused-ring (bicyclic) bond motifs is 2. The van der Waals surface area contributed by atoms with Gasteiger partial charge in [-0.3, -0.25) is 10.1 Å². The molecule has 0 fully saturated rings. The van der Waals surface area contributed by atoms with Gasteiger partial charge in [0, 0.05) is 23.9 Å². The van der Waals surface area contributed by atoms with E-state index < -0.39 is 15.9 Å². The van der Waals surface area contributed by atoms with Crippen LogP contribution < -0.4 is 10.1 Å². The van der Waals surface area contributed by atoms with Crippen LogP contribution in [0.1, 0.15) is 15.9 Å². The fourth-order valence-electron chi connectivity index (χ4n) is 4.12. The largest absolute Gasteiger partial charge is 0.491 e. The normalized spacial score (nSPS) is 13.5. The molecule has 1 aliphatic rings. The van der Waals surface area contributed by atoms with E-state index in [1.807, 2.05) is 30.3 Å². The predicted octanol–water partition coefficient (Wildman–Crippen LogP) is 3.76. The number of rotatable bonds is 4. The molecule has 0 saturated carbocycles. The van der Waals surface area contributed by atoms with E-state index >= 15 is 0 Å². The minimum atomic E-state index is -3.35. The fourth-order valence-corrected chi connectivity index (χ4v) is 4.75. The molecule has 1 aromatic heterocycles. The number of hydrogen-bond donors (Lipinski definition) is 3. The van der Waals surface area contributed by atoms with Crippen molar-refractivity contribution >= 4 is 38.8 Å². The van der Waals surface area contributed by atoms with Crippen LogP contribution in [0.2, 0.25) is 0 Å². The number of H-pyrrole nitrogens is 1. The van der Waals surface area contributed by atoms with Crippen LogP contribution in [0.5, 0.6) is 5.75 Å². The molecular weight excluding hydrogens is 484 g/mol.